The maximum Gasteiger partial charge on any atom is 0.306 e. The molecule has 61 heavy (non-hydrogen) atoms. The van der Waals surface area contributed by atoms with Crippen LogP contribution in [0, 0.1) is 11.3 Å². The molecule has 0 spiro atoms. The number of methoxy groups -OCH3 is 2. The summed E-state index contributed by atoms with van der Waals surface area (Å²) in [6.45, 7) is 7.97. The monoisotopic (exact) mass is 896 g/mol. The van der Waals surface area contributed by atoms with Gasteiger partial charge in [-0.3, -0.25) is 14.4 Å². The van der Waals surface area contributed by atoms with E-state index in [4.69, 9.17) is 33.4 Å². The van der Waals surface area contributed by atoms with E-state index in [1.54, 1.807) is 14.2 Å². The summed E-state index contributed by atoms with van der Waals surface area (Å²) < 4.78 is 37.6. The van der Waals surface area contributed by atoms with Gasteiger partial charge in [0.1, 0.15) is 23.2 Å². The van der Waals surface area contributed by atoms with Crippen LogP contribution in [0.25, 0.3) is 0 Å². The van der Waals surface area contributed by atoms with E-state index in [1.165, 1.54) is 12.2 Å². The van der Waals surface area contributed by atoms with Crippen molar-refractivity contribution in [3.63, 3.8) is 0 Å². The first kappa shape index (κ1) is 49.8. The molecule has 4 rings (SSSR count). The highest BCUT2D eigenvalue weighted by molar-refractivity contribution is 8.77. The molecule has 2 amide bonds. The maximum absolute atomic E-state index is 13.5. The normalized spacial score (nSPS) is 15.0. The van der Waals surface area contributed by atoms with Gasteiger partial charge in [0.05, 0.1) is 52.9 Å². The van der Waals surface area contributed by atoms with Crippen molar-refractivity contribution in [1.29, 1.82) is 5.26 Å². The Labute approximate surface area is 370 Å². The Kier molecular flexibility index (Phi) is 21.7. The maximum atomic E-state index is 13.5. The van der Waals surface area contributed by atoms with Crippen molar-refractivity contribution >= 4 is 47.9 Å². The molecule has 3 atom stereocenters. The molecule has 0 aromatic heterocycles. The quantitative estimate of drug-likeness (QED) is 0.0187. The van der Waals surface area contributed by atoms with Gasteiger partial charge >= 0.3 is 5.97 Å². The molecular formula is C45H61N4O9PS2. The lowest BCUT2D eigenvalue weighted by Gasteiger charge is -2.37. The Morgan fingerprint density at radius 3 is 2.03 bits per heavy atom. The first-order chi connectivity index (χ1) is 29.5. The number of benzene rings is 3. The van der Waals surface area contributed by atoms with Crippen molar-refractivity contribution in [3.05, 3.63) is 95.6 Å². The number of amides is 2. The van der Waals surface area contributed by atoms with Gasteiger partial charge in [-0.25, -0.2) is 14.8 Å². The molecule has 3 aromatic rings. The van der Waals surface area contributed by atoms with E-state index in [2.05, 4.69) is 10.8 Å². The minimum Gasteiger partial charge on any atom is -0.497 e. The largest absolute Gasteiger partial charge is 0.497 e. The zero-order chi connectivity index (χ0) is 44.0. The number of nitrogens with zero attached hydrogens (tertiary/aromatic N) is 2. The molecule has 0 radical (unpaired) electrons. The number of hydrogen-bond donors (Lipinski definition) is 2. The summed E-state index contributed by atoms with van der Waals surface area (Å²) in [6, 6.07) is 27.0. The highest BCUT2D eigenvalue weighted by atomic mass is 33.1. The third-order valence-corrected chi connectivity index (χ3v) is 14.8. The molecule has 3 unspecified atom stereocenters. The molecule has 13 nitrogen and oxygen atoms in total. The van der Waals surface area contributed by atoms with E-state index in [0.717, 1.165) is 36.0 Å². The van der Waals surface area contributed by atoms with Gasteiger partial charge in [0.25, 0.3) is 8.53 Å². The molecule has 1 heterocycles. The van der Waals surface area contributed by atoms with E-state index >= 15 is 0 Å². The molecule has 16 heteroatoms. The van der Waals surface area contributed by atoms with Gasteiger partial charge < -0.3 is 28.8 Å². The summed E-state index contributed by atoms with van der Waals surface area (Å²) in [6.07, 6.45) is 3.12. The van der Waals surface area contributed by atoms with Crippen molar-refractivity contribution in [2.45, 2.75) is 108 Å². The van der Waals surface area contributed by atoms with Crippen LogP contribution in [0.1, 0.15) is 95.8 Å². The molecule has 1 saturated heterocycles. The summed E-state index contributed by atoms with van der Waals surface area (Å²) >= 11 is 0. The van der Waals surface area contributed by atoms with Crippen molar-refractivity contribution < 1.29 is 42.5 Å². The SMILES string of the molecule is COc1ccc(C(OCC(CNC(=O)CCCCC2CCSS2)OC(=O)CCC(=O)NOP(OCCC#N)N(C(C)C)C(C)C)(c2ccccc2)c2ccc(OC)cc2)cc1. The van der Waals surface area contributed by atoms with Gasteiger partial charge in [-0.15, -0.1) is 0 Å². The predicted octanol–water partition coefficient (Wildman–Crippen LogP) is 8.86. The van der Waals surface area contributed by atoms with Crippen molar-refractivity contribution in [1.82, 2.24) is 15.5 Å². The molecule has 1 aliphatic rings. The second kappa shape index (κ2) is 26.6. The first-order valence-electron chi connectivity index (χ1n) is 20.8. The molecule has 0 bridgehead atoms. The Hall–Kier alpha value is -3.87. The van der Waals surface area contributed by atoms with E-state index < -0.39 is 32.1 Å². The van der Waals surface area contributed by atoms with Crippen molar-refractivity contribution in [2.24, 2.45) is 0 Å². The minimum atomic E-state index is -1.73. The fraction of sp³-hybridized carbons (Fsp3) is 0.511. The van der Waals surface area contributed by atoms with Crippen LogP contribution in [-0.2, 0) is 38.6 Å². The number of unbranched alkanes of at least 4 members (excludes halogenated alkanes) is 1. The van der Waals surface area contributed by atoms with Crippen LogP contribution >= 0.6 is 30.1 Å². The highest BCUT2D eigenvalue weighted by Gasteiger charge is 2.39. The predicted molar refractivity (Wildman–Crippen MR) is 242 cm³/mol. The summed E-state index contributed by atoms with van der Waals surface area (Å²) in [5.74, 6) is 1.18. The van der Waals surface area contributed by atoms with Crippen LogP contribution in [-0.4, -0.2) is 85.6 Å². The molecule has 0 aliphatic carbocycles. The number of carbonyl (C=O) groups excluding carboxylic acids is 3. The van der Waals surface area contributed by atoms with E-state index in [0.29, 0.717) is 23.2 Å². The van der Waals surface area contributed by atoms with Gasteiger partial charge in [-0.2, -0.15) is 5.26 Å². The Morgan fingerprint density at radius 2 is 1.48 bits per heavy atom. The zero-order valence-electron chi connectivity index (χ0n) is 36.1. The fourth-order valence-electron chi connectivity index (χ4n) is 6.85. The summed E-state index contributed by atoms with van der Waals surface area (Å²) in [5, 5.41) is 12.6. The third-order valence-electron chi connectivity index (χ3n) is 9.85. The Balaban J connectivity index is 1.53. The van der Waals surface area contributed by atoms with Crippen LogP contribution in [0.15, 0.2) is 78.9 Å². The number of esters is 1. The van der Waals surface area contributed by atoms with E-state index in [-0.39, 0.29) is 57.0 Å². The number of hydrogen-bond acceptors (Lipinski definition) is 13. The summed E-state index contributed by atoms with van der Waals surface area (Å²) in [4.78, 5) is 39.7. The second-order valence-corrected chi connectivity index (χ2v) is 19.1. The lowest BCUT2D eigenvalue weighted by Crippen LogP contribution is -2.41. The lowest BCUT2D eigenvalue weighted by atomic mass is 9.80. The number of ether oxygens (including phenoxy) is 4. The van der Waals surface area contributed by atoms with Crippen LogP contribution in [0.5, 0.6) is 11.5 Å². The van der Waals surface area contributed by atoms with Gasteiger partial charge in [-0.05, 0) is 87.9 Å². The molecule has 0 saturated carbocycles. The number of nitrogens with one attached hydrogen (secondary N) is 2. The van der Waals surface area contributed by atoms with Crippen LogP contribution < -0.4 is 20.3 Å². The summed E-state index contributed by atoms with van der Waals surface area (Å²) in [7, 11) is 5.33. The Morgan fingerprint density at radius 1 is 0.852 bits per heavy atom. The zero-order valence-corrected chi connectivity index (χ0v) is 38.7. The molecule has 1 aliphatic heterocycles. The summed E-state index contributed by atoms with van der Waals surface area (Å²) in [5.41, 5.74) is 3.64. The van der Waals surface area contributed by atoms with E-state index in [1.807, 2.05) is 139 Å². The lowest BCUT2D eigenvalue weighted by molar-refractivity contribution is -0.156. The number of rotatable bonds is 27. The second-order valence-electron chi connectivity index (χ2n) is 15.0. The van der Waals surface area contributed by atoms with Crippen molar-refractivity contribution in [2.75, 3.05) is 39.7 Å². The first-order valence-corrected chi connectivity index (χ1v) is 24.3. The van der Waals surface area contributed by atoms with Crippen molar-refractivity contribution in [3.8, 4) is 17.6 Å². The van der Waals surface area contributed by atoms with Crippen LogP contribution in [0.3, 0.4) is 0 Å². The topological polar surface area (TPSA) is 158 Å². The standard InChI is InChI=1S/C45H61N4O9PS2/c1-33(2)49(34(3)4)59(56-29-12-28-46)58-48-43(51)25-26-44(52)57-40(31-47-42(50)16-11-10-15-41-27-30-60-61-41)32-55-45(35-13-8-7-9-14-35,36-17-21-38(53-5)22-18-36)37-19-23-39(54-6)24-20-37/h7-9,13-14,17-24,33-34,40-41H,10-12,15-16,25-27,29-32H2,1-6H3,(H,47,50)(H,48,51). The van der Waals surface area contributed by atoms with E-state index in [9.17, 15) is 14.4 Å². The average Bonchev–Trinajstić information content (AvgIpc) is 3.80. The molecular weight excluding hydrogens is 836 g/mol. The van der Waals surface area contributed by atoms with Gasteiger partial charge in [0.15, 0.2) is 0 Å². The van der Waals surface area contributed by atoms with Crippen LogP contribution in [0.2, 0.25) is 0 Å². The third kappa shape index (κ3) is 15.8. The average molecular weight is 897 g/mol. The Bertz CT molecular complexity index is 1760. The minimum absolute atomic E-state index is 0.00430. The number of carbonyl (C=O) groups is 3. The van der Waals surface area contributed by atoms with Gasteiger partial charge in [0, 0.05) is 35.9 Å². The highest BCUT2D eigenvalue weighted by Crippen LogP contribution is 2.45. The molecule has 2 N–H and O–H groups in total. The molecule has 332 valence electrons. The fourth-order valence-corrected chi connectivity index (χ4v) is 11.3. The molecule has 1 fully saturated rings. The molecule has 3 aromatic carbocycles. The number of nitriles is 1. The smallest absolute Gasteiger partial charge is 0.306 e. The van der Waals surface area contributed by atoms with Gasteiger partial charge in [-0.1, -0.05) is 82.6 Å². The number of hydroxylamine groups is 1. The van der Waals surface area contributed by atoms with Crippen LogP contribution in [0.4, 0.5) is 0 Å². The van der Waals surface area contributed by atoms with Gasteiger partial charge in [0.2, 0.25) is 11.8 Å².